The van der Waals surface area contributed by atoms with Crippen molar-refractivity contribution in [3.8, 4) is 5.75 Å². The highest BCUT2D eigenvalue weighted by atomic mass is 16.5. The molecule has 94 valence electrons. The summed E-state index contributed by atoms with van der Waals surface area (Å²) in [6.45, 7) is 2.52. The molecule has 0 aliphatic carbocycles. The first-order chi connectivity index (χ1) is 8.63. The van der Waals surface area contributed by atoms with Crippen LogP contribution < -0.4 is 15.3 Å². The number of pyridine rings is 1. The van der Waals surface area contributed by atoms with Crippen molar-refractivity contribution in [3.63, 3.8) is 0 Å². The zero-order valence-electron chi connectivity index (χ0n) is 9.86. The standard InChI is InChI=1S/C13H13NO4/c1-2-5-18-8-3-4-11-9(6-8)12(15)10(7-14-11)13(16)17/h3-4,6-7H,2,5H2,1H3,(H,14,15)(H,16,17)/p-1. The molecular weight excluding hydrogens is 234 g/mol. The number of hydrogen-bond donors (Lipinski definition) is 1. The number of fused-ring (bicyclic) bond motifs is 1. The van der Waals surface area contributed by atoms with Gasteiger partial charge in [-0.1, -0.05) is 6.92 Å². The molecule has 0 amide bonds. The van der Waals surface area contributed by atoms with E-state index in [1.807, 2.05) is 6.92 Å². The second-order valence-corrected chi connectivity index (χ2v) is 3.87. The van der Waals surface area contributed by atoms with Crippen LogP contribution in [0, 0.1) is 0 Å². The lowest BCUT2D eigenvalue weighted by Crippen LogP contribution is -2.29. The molecule has 0 fully saturated rings. The van der Waals surface area contributed by atoms with Gasteiger partial charge in [-0.3, -0.25) is 4.79 Å². The number of carboxylic acid groups (broad SMARTS) is 1. The fraction of sp³-hybridized carbons (Fsp3) is 0.231. The zero-order valence-corrected chi connectivity index (χ0v) is 9.86. The van der Waals surface area contributed by atoms with Crippen LogP contribution in [0.25, 0.3) is 10.9 Å². The Morgan fingerprint density at radius 3 is 2.89 bits per heavy atom. The molecule has 0 saturated carbocycles. The number of H-pyrrole nitrogens is 1. The summed E-state index contributed by atoms with van der Waals surface area (Å²) in [7, 11) is 0. The maximum absolute atomic E-state index is 11.9. The van der Waals surface area contributed by atoms with E-state index in [1.54, 1.807) is 12.1 Å². The number of carbonyl (C=O) groups excluding carboxylic acids is 1. The molecule has 5 nitrogen and oxygen atoms in total. The van der Waals surface area contributed by atoms with E-state index in [4.69, 9.17) is 4.74 Å². The highest BCUT2D eigenvalue weighted by molar-refractivity contribution is 5.91. The molecule has 1 aromatic carbocycles. The van der Waals surface area contributed by atoms with Crippen molar-refractivity contribution in [2.45, 2.75) is 13.3 Å². The summed E-state index contributed by atoms with van der Waals surface area (Å²) in [5, 5.41) is 11.0. The molecule has 0 radical (unpaired) electrons. The van der Waals surface area contributed by atoms with E-state index in [-0.39, 0.29) is 10.9 Å². The van der Waals surface area contributed by atoms with Gasteiger partial charge in [0.1, 0.15) is 5.75 Å². The van der Waals surface area contributed by atoms with Crippen molar-refractivity contribution in [2.24, 2.45) is 0 Å². The smallest absolute Gasteiger partial charge is 0.198 e. The summed E-state index contributed by atoms with van der Waals surface area (Å²) in [5.74, 6) is -0.941. The van der Waals surface area contributed by atoms with Gasteiger partial charge in [0.2, 0.25) is 0 Å². The van der Waals surface area contributed by atoms with E-state index in [2.05, 4.69) is 4.98 Å². The van der Waals surface area contributed by atoms with Crippen LogP contribution in [0.2, 0.25) is 0 Å². The van der Waals surface area contributed by atoms with E-state index >= 15 is 0 Å². The number of nitrogens with one attached hydrogen (secondary N) is 1. The molecule has 0 aliphatic heterocycles. The molecule has 18 heavy (non-hydrogen) atoms. The minimum absolute atomic E-state index is 0.283. The highest BCUT2D eigenvalue weighted by Gasteiger charge is 2.07. The fourth-order valence-corrected chi connectivity index (χ4v) is 1.66. The van der Waals surface area contributed by atoms with E-state index in [9.17, 15) is 14.7 Å². The monoisotopic (exact) mass is 246 g/mol. The fourth-order valence-electron chi connectivity index (χ4n) is 1.66. The number of aromatic nitrogens is 1. The minimum atomic E-state index is -1.49. The number of carboxylic acids is 1. The van der Waals surface area contributed by atoms with Crippen LogP contribution in [-0.4, -0.2) is 17.6 Å². The summed E-state index contributed by atoms with van der Waals surface area (Å²) >= 11 is 0. The third-order valence-electron chi connectivity index (χ3n) is 2.55. The van der Waals surface area contributed by atoms with E-state index in [0.717, 1.165) is 12.6 Å². The molecular formula is C13H12NO4-. The Kier molecular flexibility index (Phi) is 3.32. The molecule has 0 spiro atoms. The number of hydrogen-bond acceptors (Lipinski definition) is 4. The molecule has 2 rings (SSSR count). The predicted octanol–water partition coefficient (Wildman–Crippen LogP) is 0.680. The lowest BCUT2D eigenvalue weighted by atomic mass is 10.1. The Morgan fingerprint density at radius 2 is 2.22 bits per heavy atom. The van der Waals surface area contributed by atoms with Gasteiger partial charge in [0.25, 0.3) is 0 Å². The van der Waals surface area contributed by atoms with Crippen LogP contribution >= 0.6 is 0 Å². The van der Waals surface area contributed by atoms with Crippen molar-refractivity contribution >= 4 is 16.9 Å². The number of aromatic amines is 1. The average Bonchev–Trinajstić information content (AvgIpc) is 2.36. The van der Waals surface area contributed by atoms with Crippen LogP contribution in [0.4, 0.5) is 0 Å². The first-order valence-electron chi connectivity index (χ1n) is 5.63. The van der Waals surface area contributed by atoms with Crippen molar-refractivity contribution < 1.29 is 14.6 Å². The molecule has 0 atom stereocenters. The molecule has 0 unspecified atom stereocenters. The van der Waals surface area contributed by atoms with Gasteiger partial charge in [-0.25, -0.2) is 0 Å². The topological polar surface area (TPSA) is 82.2 Å². The van der Waals surface area contributed by atoms with Gasteiger partial charge in [0.05, 0.1) is 18.1 Å². The predicted molar refractivity (Wildman–Crippen MR) is 64.7 cm³/mol. The average molecular weight is 246 g/mol. The van der Waals surface area contributed by atoms with Crippen molar-refractivity contribution in [3.05, 3.63) is 40.2 Å². The van der Waals surface area contributed by atoms with Crippen LogP contribution in [0.3, 0.4) is 0 Å². The SMILES string of the molecule is CCCOc1ccc2[nH]cc(C(=O)[O-])c(=O)c2c1. The molecule has 1 N–H and O–H groups in total. The Bertz CT molecular complexity index is 645. The van der Waals surface area contributed by atoms with Gasteiger partial charge in [-0.15, -0.1) is 0 Å². The first-order valence-corrected chi connectivity index (χ1v) is 5.63. The highest BCUT2D eigenvalue weighted by Crippen LogP contribution is 2.17. The third-order valence-corrected chi connectivity index (χ3v) is 2.55. The quantitative estimate of drug-likeness (QED) is 0.860. The molecule has 1 heterocycles. The second-order valence-electron chi connectivity index (χ2n) is 3.87. The summed E-state index contributed by atoms with van der Waals surface area (Å²) in [6.07, 6.45) is 2.00. The molecule has 1 aromatic heterocycles. The molecule has 2 aromatic rings. The molecule has 0 aliphatic rings. The zero-order chi connectivity index (χ0) is 13.1. The van der Waals surface area contributed by atoms with E-state index in [0.29, 0.717) is 17.9 Å². The van der Waals surface area contributed by atoms with Gasteiger partial charge >= 0.3 is 0 Å². The number of rotatable bonds is 4. The summed E-state index contributed by atoms with van der Waals surface area (Å²) in [6, 6.07) is 4.95. The van der Waals surface area contributed by atoms with Crippen LogP contribution in [-0.2, 0) is 0 Å². The molecule has 0 bridgehead atoms. The van der Waals surface area contributed by atoms with E-state index < -0.39 is 11.4 Å². The van der Waals surface area contributed by atoms with Crippen molar-refractivity contribution in [2.75, 3.05) is 6.61 Å². The maximum atomic E-state index is 11.9. The summed E-state index contributed by atoms with van der Waals surface area (Å²) in [5.41, 5.74) is -0.380. The largest absolute Gasteiger partial charge is 0.545 e. The number of benzene rings is 1. The Balaban J connectivity index is 2.56. The van der Waals surface area contributed by atoms with Gasteiger partial charge in [0, 0.05) is 17.1 Å². The van der Waals surface area contributed by atoms with Crippen molar-refractivity contribution in [1.82, 2.24) is 4.98 Å². The Hall–Kier alpha value is -2.30. The Morgan fingerprint density at radius 1 is 1.44 bits per heavy atom. The Labute approximate surface area is 103 Å². The molecule has 5 heteroatoms. The van der Waals surface area contributed by atoms with Gasteiger partial charge in [-0.2, -0.15) is 0 Å². The number of ether oxygens (including phenoxy) is 1. The summed E-state index contributed by atoms with van der Waals surface area (Å²) < 4.78 is 5.40. The van der Waals surface area contributed by atoms with Crippen LogP contribution in [0.5, 0.6) is 5.75 Å². The number of carbonyl (C=O) groups is 1. The summed E-state index contributed by atoms with van der Waals surface area (Å²) in [4.78, 5) is 25.4. The lowest BCUT2D eigenvalue weighted by Gasteiger charge is -2.07. The normalized spacial score (nSPS) is 10.5. The van der Waals surface area contributed by atoms with Crippen LogP contribution in [0.1, 0.15) is 23.7 Å². The van der Waals surface area contributed by atoms with Gasteiger partial charge in [-0.05, 0) is 24.6 Å². The van der Waals surface area contributed by atoms with Gasteiger partial charge < -0.3 is 19.6 Å². The maximum Gasteiger partial charge on any atom is 0.198 e. The lowest BCUT2D eigenvalue weighted by molar-refractivity contribution is -0.255. The van der Waals surface area contributed by atoms with Gasteiger partial charge in [0.15, 0.2) is 5.43 Å². The molecule has 0 saturated heterocycles. The minimum Gasteiger partial charge on any atom is -0.545 e. The van der Waals surface area contributed by atoms with Crippen LogP contribution in [0.15, 0.2) is 29.2 Å². The van der Waals surface area contributed by atoms with Crippen molar-refractivity contribution in [1.29, 1.82) is 0 Å². The number of aromatic carboxylic acids is 1. The second kappa shape index (κ2) is 4.91. The first kappa shape index (κ1) is 12.2. The van der Waals surface area contributed by atoms with E-state index in [1.165, 1.54) is 6.07 Å². The third kappa shape index (κ3) is 2.20.